The van der Waals surface area contributed by atoms with Crippen LogP contribution in [-0.4, -0.2) is 47.2 Å². The summed E-state index contributed by atoms with van der Waals surface area (Å²) in [6.45, 7) is 11.2. The molecule has 6 nitrogen and oxygen atoms in total. The highest BCUT2D eigenvalue weighted by Crippen LogP contribution is 2.19. The molecule has 0 aliphatic rings. The Morgan fingerprint density at radius 1 is 1.26 bits per heavy atom. The van der Waals surface area contributed by atoms with Crippen molar-refractivity contribution in [2.24, 2.45) is 5.73 Å². The second kappa shape index (κ2) is 7.04. The molecule has 0 saturated heterocycles. The van der Waals surface area contributed by atoms with Crippen LogP contribution < -0.4 is 10.5 Å². The van der Waals surface area contributed by atoms with E-state index in [0.29, 0.717) is 18.1 Å². The van der Waals surface area contributed by atoms with E-state index in [-0.39, 0.29) is 5.84 Å². The van der Waals surface area contributed by atoms with Crippen LogP contribution in [0.2, 0.25) is 0 Å². The monoisotopic (exact) mass is 265 g/mol. The molecule has 19 heavy (non-hydrogen) atoms. The lowest BCUT2D eigenvalue weighted by atomic mass is 10.1. The van der Waals surface area contributed by atoms with Crippen molar-refractivity contribution in [3.8, 4) is 5.88 Å². The first-order valence-electron chi connectivity index (χ1n) is 6.54. The van der Waals surface area contributed by atoms with Crippen LogP contribution in [-0.2, 0) is 0 Å². The molecule has 106 valence electrons. The molecule has 0 aliphatic heterocycles. The van der Waals surface area contributed by atoms with Crippen LogP contribution in [0.3, 0.4) is 0 Å². The molecule has 0 aromatic carbocycles. The third kappa shape index (κ3) is 3.89. The van der Waals surface area contributed by atoms with E-state index in [1.165, 1.54) is 0 Å². The molecule has 0 spiro atoms. The Hall–Kier alpha value is -1.69. The molecule has 0 unspecified atom stereocenters. The van der Waals surface area contributed by atoms with Crippen molar-refractivity contribution in [3.63, 3.8) is 0 Å². The Labute approximate surface area is 114 Å². The van der Waals surface area contributed by atoms with Gasteiger partial charge >= 0.3 is 0 Å². The van der Waals surface area contributed by atoms with Crippen molar-refractivity contribution in [2.45, 2.75) is 27.7 Å². The number of amidine groups is 1. The van der Waals surface area contributed by atoms with Crippen molar-refractivity contribution in [1.29, 1.82) is 5.41 Å². The molecular weight excluding hydrogens is 242 g/mol. The Kier molecular flexibility index (Phi) is 5.69. The lowest BCUT2D eigenvalue weighted by molar-refractivity contribution is 0.216. The SMILES string of the molecule is CCN(CC)CCOc1nnc(C)c(C)c1C(=N)N. The molecule has 0 bridgehead atoms. The maximum absolute atomic E-state index is 7.63. The topological polar surface area (TPSA) is 88.1 Å². The van der Waals surface area contributed by atoms with Crippen molar-refractivity contribution in [2.75, 3.05) is 26.2 Å². The van der Waals surface area contributed by atoms with Crippen LogP contribution in [0.1, 0.15) is 30.7 Å². The molecular formula is C13H23N5O. The van der Waals surface area contributed by atoms with Gasteiger partial charge in [-0.15, -0.1) is 5.10 Å². The van der Waals surface area contributed by atoms with Crippen LogP contribution in [0.5, 0.6) is 5.88 Å². The second-order valence-corrected chi connectivity index (χ2v) is 4.38. The summed E-state index contributed by atoms with van der Waals surface area (Å²) >= 11 is 0. The summed E-state index contributed by atoms with van der Waals surface area (Å²) < 4.78 is 5.63. The zero-order valence-corrected chi connectivity index (χ0v) is 12.2. The number of hydrogen-bond donors (Lipinski definition) is 2. The van der Waals surface area contributed by atoms with Gasteiger partial charge in [-0.2, -0.15) is 5.10 Å². The van der Waals surface area contributed by atoms with Gasteiger partial charge in [-0.25, -0.2) is 0 Å². The molecule has 3 N–H and O–H groups in total. The minimum Gasteiger partial charge on any atom is -0.475 e. The van der Waals surface area contributed by atoms with E-state index in [2.05, 4.69) is 28.9 Å². The fourth-order valence-corrected chi connectivity index (χ4v) is 1.82. The first-order chi connectivity index (χ1) is 9.01. The van der Waals surface area contributed by atoms with Crippen molar-refractivity contribution < 1.29 is 4.74 Å². The van der Waals surface area contributed by atoms with E-state index in [1.54, 1.807) is 0 Å². The molecule has 0 saturated carbocycles. The maximum Gasteiger partial charge on any atom is 0.244 e. The van der Waals surface area contributed by atoms with Gasteiger partial charge in [0.1, 0.15) is 12.4 Å². The number of nitrogens with one attached hydrogen (secondary N) is 1. The predicted octanol–water partition coefficient (Wildman–Crippen LogP) is 1.10. The largest absolute Gasteiger partial charge is 0.475 e. The number of nitrogens with zero attached hydrogens (tertiary/aromatic N) is 3. The first kappa shape index (κ1) is 15.4. The zero-order chi connectivity index (χ0) is 14.4. The van der Waals surface area contributed by atoms with Crippen LogP contribution in [0.4, 0.5) is 0 Å². The summed E-state index contributed by atoms with van der Waals surface area (Å²) in [5, 5.41) is 15.6. The van der Waals surface area contributed by atoms with Crippen molar-refractivity contribution in [1.82, 2.24) is 15.1 Å². The number of hydrogen-bond acceptors (Lipinski definition) is 5. The number of ether oxygens (including phenoxy) is 1. The van der Waals surface area contributed by atoms with Crippen LogP contribution in [0.15, 0.2) is 0 Å². The van der Waals surface area contributed by atoms with E-state index in [0.717, 1.165) is 30.9 Å². The fraction of sp³-hybridized carbons (Fsp3) is 0.615. The molecule has 1 rings (SSSR count). The smallest absolute Gasteiger partial charge is 0.244 e. The highest BCUT2D eigenvalue weighted by Gasteiger charge is 2.15. The Bertz CT molecular complexity index is 443. The summed E-state index contributed by atoms with van der Waals surface area (Å²) in [4.78, 5) is 2.25. The third-order valence-electron chi connectivity index (χ3n) is 3.23. The minimum absolute atomic E-state index is 0.0339. The van der Waals surface area contributed by atoms with E-state index in [4.69, 9.17) is 15.9 Å². The zero-order valence-electron chi connectivity index (χ0n) is 12.2. The highest BCUT2D eigenvalue weighted by atomic mass is 16.5. The Balaban J connectivity index is 2.79. The molecule has 1 aromatic heterocycles. The number of aryl methyl sites for hydroxylation is 1. The summed E-state index contributed by atoms with van der Waals surface area (Å²) in [6.07, 6.45) is 0. The van der Waals surface area contributed by atoms with Crippen molar-refractivity contribution >= 4 is 5.84 Å². The summed E-state index contributed by atoms with van der Waals surface area (Å²) in [7, 11) is 0. The molecule has 0 atom stereocenters. The van der Waals surface area contributed by atoms with Crippen LogP contribution >= 0.6 is 0 Å². The van der Waals surface area contributed by atoms with Crippen molar-refractivity contribution in [3.05, 3.63) is 16.8 Å². The minimum atomic E-state index is -0.0339. The average molecular weight is 265 g/mol. The molecule has 0 fully saturated rings. The van der Waals surface area contributed by atoms with Gasteiger partial charge in [-0.3, -0.25) is 5.41 Å². The number of rotatable bonds is 7. The van der Waals surface area contributed by atoms with Crippen LogP contribution in [0, 0.1) is 19.3 Å². The first-order valence-corrected chi connectivity index (χ1v) is 6.54. The van der Waals surface area contributed by atoms with Gasteiger partial charge < -0.3 is 15.4 Å². The van der Waals surface area contributed by atoms with Gasteiger partial charge in [0.15, 0.2) is 0 Å². The summed E-state index contributed by atoms with van der Waals surface area (Å²) in [5.41, 5.74) is 7.75. The summed E-state index contributed by atoms with van der Waals surface area (Å²) in [6, 6.07) is 0. The number of nitrogens with two attached hydrogens (primary N) is 1. The molecule has 1 heterocycles. The van der Waals surface area contributed by atoms with E-state index in [1.807, 2.05) is 13.8 Å². The molecule has 6 heteroatoms. The number of likely N-dealkylation sites (N-methyl/N-ethyl adjacent to an activating group) is 1. The van der Waals surface area contributed by atoms with Gasteiger partial charge in [-0.1, -0.05) is 13.8 Å². The standard InChI is InChI=1S/C13H23N5O/c1-5-18(6-2)7-8-19-13-11(12(14)15)9(3)10(4)16-17-13/h5-8H2,1-4H3,(H3,14,15). The van der Waals surface area contributed by atoms with E-state index >= 15 is 0 Å². The normalized spacial score (nSPS) is 10.8. The Morgan fingerprint density at radius 3 is 2.42 bits per heavy atom. The number of nitrogen functional groups attached to an aromatic ring is 1. The van der Waals surface area contributed by atoms with Gasteiger partial charge in [0.25, 0.3) is 0 Å². The van der Waals surface area contributed by atoms with Crippen LogP contribution in [0.25, 0.3) is 0 Å². The lowest BCUT2D eigenvalue weighted by Crippen LogP contribution is -2.28. The average Bonchev–Trinajstić information content (AvgIpc) is 2.38. The van der Waals surface area contributed by atoms with E-state index < -0.39 is 0 Å². The molecule has 0 radical (unpaired) electrons. The van der Waals surface area contributed by atoms with Gasteiger partial charge in [0.05, 0.1) is 11.3 Å². The summed E-state index contributed by atoms with van der Waals surface area (Å²) in [5.74, 6) is 0.316. The quantitative estimate of drug-likeness (QED) is 0.569. The molecule has 1 aromatic rings. The second-order valence-electron chi connectivity index (χ2n) is 4.38. The maximum atomic E-state index is 7.63. The Morgan fingerprint density at radius 2 is 1.89 bits per heavy atom. The van der Waals surface area contributed by atoms with Gasteiger partial charge in [0.2, 0.25) is 5.88 Å². The van der Waals surface area contributed by atoms with E-state index in [9.17, 15) is 0 Å². The predicted molar refractivity (Wildman–Crippen MR) is 75.8 cm³/mol. The molecule has 0 amide bonds. The van der Waals surface area contributed by atoms with Gasteiger partial charge in [-0.05, 0) is 32.5 Å². The third-order valence-corrected chi connectivity index (χ3v) is 3.23. The lowest BCUT2D eigenvalue weighted by Gasteiger charge is -2.18. The van der Waals surface area contributed by atoms with Gasteiger partial charge in [0, 0.05) is 6.54 Å². The number of aromatic nitrogens is 2. The highest BCUT2D eigenvalue weighted by molar-refractivity contribution is 5.98. The molecule has 0 aliphatic carbocycles. The fourth-order valence-electron chi connectivity index (χ4n) is 1.82.